The summed E-state index contributed by atoms with van der Waals surface area (Å²) in [6, 6.07) is 7.29. The number of nitrogens with one attached hydrogen (secondary N) is 1. The van der Waals surface area contributed by atoms with Crippen molar-refractivity contribution in [2.45, 2.75) is 6.92 Å². The molecule has 0 aliphatic carbocycles. The van der Waals surface area contributed by atoms with Gasteiger partial charge in [0.1, 0.15) is 5.15 Å². The molecule has 0 saturated heterocycles. The average Bonchev–Trinajstić information content (AvgIpc) is 2.41. The molecule has 1 heterocycles. The van der Waals surface area contributed by atoms with Gasteiger partial charge < -0.3 is 5.32 Å². The van der Waals surface area contributed by atoms with Crippen LogP contribution in [0.5, 0.6) is 0 Å². The predicted molar refractivity (Wildman–Crippen MR) is 75.0 cm³/mol. The minimum absolute atomic E-state index is 0.0198. The fraction of sp³-hybridized carbons (Fsp3) is 0.0769. The van der Waals surface area contributed by atoms with Crippen molar-refractivity contribution in [3.8, 4) is 0 Å². The molecule has 0 bridgehead atoms. The van der Waals surface area contributed by atoms with Crippen LogP contribution >= 0.6 is 11.6 Å². The first kappa shape index (κ1) is 14.0. The van der Waals surface area contributed by atoms with Crippen molar-refractivity contribution in [2.75, 3.05) is 5.32 Å². The largest absolute Gasteiger partial charge is 0.322 e. The number of aromatic nitrogens is 1. The normalized spacial score (nSPS) is 10.1. The van der Waals surface area contributed by atoms with E-state index in [9.17, 15) is 14.9 Å². The van der Waals surface area contributed by atoms with Gasteiger partial charge in [-0.25, -0.2) is 4.98 Å². The Morgan fingerprint density at radius 2 is 2.10 bits per heavy atom. The second kappa shape index (κ2) is 5.66. The van der Waals surface area contributed by atoms with Gasteiger partial charge in [0.15, 0.2) is 0 Å². The van der Waals surface area contributed by atoms with Crippen LogP contribution in [0.25, 0.3) is 0 Å². The Morgan fingerprint density at radius 3 is 2.65 bits per heavy atom. The summed E-state index contributed by atoms with van der Waals surface area (Å²) in [5.74, 6) is -0.355. The van der Waals surface area contributed by atoms with Crippen LogP contribution in [0, 0.1) is 17.0 Å². The zero-order chi connectivity index (χ0) is 14.7. The second-order valence-electron chi connectivity index (χ2n) is 4.08. The van der Waals surface area contributed by atoms with E-state index in [0.29, 0.717) is 22.0 Å². The molecule has 1 aromatic heterocycles. The summed E-state index contributed by atoms with van der Waals surface area (Å²) >= 11 is 5.64. The number of hydrogen-bond donors (Lipinski definition) is 1. The molecule has 2 aromatic rings. The second-order valence-corrected chi connectivity index (χ2v) is 4.47. The molecule has 0 atom stereocenters. The van der Waals surface area contributed by atoms with Gasteiger partial charge in [-0.2, -0.15) is 0 Å². The number of aryl methyl sites for hydroxylation is 1. The monoisotopic (exact) mass is 291 g/mol. The topological polar surface area (TPSA) is 85.1 Å². The van der Waals surface area contributed by atoms with Crippen LogP contribution in [0.15, 0.2) is 36.5 Å². The lowest BCUT2D eigenvalue weighted by Gasteiger charge is -2.08. The maximum absolute atomic E-state index is 12.0. The molecule has 0 fully saturated rings. The summed E-state index contributed by atoms with van der Waals surface area (Å²) in [5.41, 5.74) is 1.45. The van der Waals surface area contributed by atoms with E-state index in [4.69, 9.17) is 11.6 Å². The van der Waals surface area contributed by atoms with Crippen molar-refractivity contribution in [3.05, 3.63) is 62.9 Å². The molecular weight excluding hydrogens is 282 g/mol. The summed E-state index contributed by atoms with van der Waals surface area (Å²) in [5, 5.41) is 13.6. The summed E-state index contributed by atoms with van der Waals surface area (Å²) in [4.78, 5) is 25.9. The smallest absolute Gasteiger partial charge is 0.269 e. The summed E-state index contributed by atoms with van der Waals surface area (Å²) in [6.07, 6.45) is 1.36. The lowest BCUT2D eigenvalue weighted by atomic mass is 10.1. The lowest BCUT2D eigenvalue weighted by Crippen LogP contribution is -2.13. The molecule has 102 valence electrons. The maximum atomic E-state index is 12.0. The lowest BCUT2D eigenvalue weighted by molar-refractivity contribution is -0.384. The Bertz CT molecular complexity index is 671. The van der Waals surface area contributed by atoms with Crippen LogP contribution in [0.2, 0.25) is 5.15 Å². The van der Waals surface area contributed by atoms with E-state index in [1.54, 1.807) is 13.0 Å². The number of nitrogens with zero attached hydrogens (tertiary/aromatic N) is 2. The van der Waals surface area contributed by atoms with Gasteiger partial charge in [-0.3, -0.25) is 14.9 Å². The van der Waals surface area contributed by atoms with E-state index >= 15 is 0 Å². The van der Waals surface area contributed by atoms with E-state index in [1.807, 2.05) is 0 Å². The van der Waals surface area contributed by atoms with E-state index in [1.165, 1.54) is 30.5 Å². The zero-order valence-corrected chi connectivity index (χ0v) is 11.2. The molecule has 20 heavy (non-hydrogen) atoms. The number of anilines is 1. The zero-order valence-electron chi connectivity index (χ0n) is 10.5. The Balaban J connectivity index is 2.19. The van der Waals surface area contributed by atoms with Crippen molar-refractivity contribution < 1.29 is 9.72 Å². The third-order valence-corrected chi connectivity index (χ3v) is 2.88. The molecular formula is C13H10ClN3O3. The summed E-state index contributed by atoms with van der Waals surface area (Å²) in [6.45, 7) is 1.68. The fourth-order valence-electron chi connectivity index (χ4n) is 1.61. The quantitative estimate of drug-likeness (QED) is 0.534. The third kappa shape index (κ3) is 3.10. The van der Waals surface area contributed by atoms with E-state index in [0.717, 1.165) is 0 Å². The van der Waals surface area contributed by atoms with Gasteiger partial charge >= 0.3 is 0 Å². The van der Waals surface area contributed by atoms with Gasteiger partial charge in [-0.15, -0.1) is 0 Å². The highest BCUT2D eigenvalue weighted by molar-refractivity contribution is 6.29. The van der Waals surface area contributed by atoms with Crippen LogP contribution in [-0.4, -0.2) is 15.8 Å². The van der Waals surface area contributed by atoms with Crippen molar-refractivity contribution in [1.82, 2.24) is 4.98 Å². The van der Waals surface area contributed by atoms with Gasteiger partial charge in [-0.05, 0) is 30.7 Å². The predicted octanol–water partition coefficient (Wildman–Crippen LogP) is 3.20. The number of carbonyl (C=O) groups is 1. The van der Waals surface area contributed by atoms with Gasteiger partial charge in [0.25, 0.3) is 11.6 Å². The van der Waals surface area contributed by atoms with Gasteiger partial charge in [-0.1, -0.05) is 11.6 Å². The van der Waals surface area contributed by atoms with E-state index < -0.39 is 4.92 Å². The molecule has 2 rings (SSSR count). The highest BCUT2D eigenvalue weighted by atomic mass is 35.5. The number of carbonyl (C=O) groups excluding carboxylic acids is 1. The van der Waals surface area contributed by atoms with Crippen molar-refractivity contribution in [1.29, 1.82) is 0 Å². The number of non-ortho nitro benzene ring substituents is 1. The third-order valence-electron chi connectivity index (χ3n) is 2.66. The van der Waals surface area contributed by atoms with Gasteiger partial charge in [0, 0.05) is 24.0 Å². The van der Waals surface area contributed by atoms with E-state index in [-0.39, 0.29) is 11.6 Å². The van der Waals surface area contributed by atoms with Crippen molar-refractivity contribution >= 4 is 28.9 Å². The highest BCUT2D eigenvalue weighted by Crippen LogP contribution is 2.21. The average molecular weight is 292 g/mol. The van der Waals surface area contributed by atoms with Crippen LogP contribution in [0.4, 0.5) is 11.4 Å². The number of rotatable bonds is 3. The molecule has 0 saturated carbocycles. The Hall–Kier alpha value is -2.47. The molecule has 1 amide bonds. The number of benzene rings is 1. The first-order valence-electron chi connectivity index (χ1n) is 5.65. The fourth-order valence-corrected chi connectivity index (χ4v) is 1.72. The number of amides is 1. The van der Waals surface area contributed by atoms with Crippen LogP contribution < -0.4 is 5.32 Å². The number of nitro benzene ring substituents is 1. The van der Waals surface area contributed by atoms with Crippen LogP contribution in [0.1, 0.15) is 15.9 Å². The minimum atomic E-state index is -0.484. The Kier molecular flexibility index (Phi) is 3.95. The van der Waals surface area contributed by atoms with Crippen LogP contribution in [0.3, 0.4) is 0 Å². The number of halogens is 1. The van der Waals surface area contributed by atoms with Gasteiger partial charge in [0.2, 0.25) is 0 Å². The van der Waals surface area contributed by atoms with E-state index in [2.05, 4.69) is 10.3 Å². The molecule has 7 heteroatoms. The number of hydrogen-bond acceptors (Lipinski definition) is 4. The minimum Gasteiger partial charge on any atom is -0.322 e. The summed E-state index contributed by atoms with van der Waals surface area (Å²) < 4.78 is 0. The van der Waals surface area contributed by atoms with Crippen molar-refractivity contribution in [2.24, 2.45) is 0 Å². The Labute approximate surface area is 119 Å². The van der Waals surface area contributed by atoms with Gasteiger partial charge in [0.05, 0.1) is 10.5 Å². The SMILES string of the molecule is Cc1cc([N+](=O)[O-])ccc1NC(=O)c1ccc(Cl)nc1. The molecule has 0 aliphatic rings. The Morgan fingerprint density at radius 1 is 1.35 bits per heavy atom. The molecule has 0 unspecified atom stereocenters. The van der Waals surface area contributed by atoms with Crippen LogP contribution in [-0.2, 0) is 0 Å². The number of nitro groups is 1. The molecule has 6 nitrogen and oxygen atoms in total. The standard InChI is InChI=1S/C13H10ClN3O3/c1-8-6-10(17(19)20)3-4-11(8)16-13(18)9-2-5-12(14)15-7-9/h2-7H,1H3,(H,16,18). The molecule has 0 spiro atoms. The first-order valence-corrected chi connectivity index (χ1v) is 6.03. The maximum Gasteiger partial charge on any atom is 0.269 e. The molecule has 0 aliphatic heterocycles. The summed E-state index contributed by atoms with van der Waals surface area (Å²) in [7, 11) is 0. The molecule has 1 aromatic carbocycles. The molecule has 1 N–H and O–H groups in total. The highest BCUT2D eigenvalue weighted by Gasteiger charge is 2.11. The first-order chi connectivity index (χ1) is 9.47. The van der Waals surface area contributed by atoms with Crippen molar-refractivity contribution in [3.63, 3.8) is 0 Å². The number of pyridine rings is 1. The molecule has 0 radical (unpaired) electrons.